The molecule has 4 fully saturated rings. The maximum Gasteiger partial charge on any atom is 0.119 e. The Morgan fingerprint density at radius 3 is 2.10 bits per heavy atom. The van der Waals surface area contributed by atoms with Gasteiger partial charge >= 0.3 is 0 Å². The predicted molar refractivity (Wildman–Crippen MR) is 195 cm³/mol. The number of fused-ring (bicyclic) bond motifs is 2. The molecule has 9 rings (SSSR count). The maximum absolute atomic E-state index is 10.7. The Hall–Kier alpha value is -3.06. The molecule has 4 bridgehead atoms. The van der Waals surface area contributed by atoms with Crippen LogP contribution in [0.25, 0.3) is 0 Å². The van der Waals surface area contributed by atoms with Crippen LogP contribution in [-0.2, 0) is 23.7 Å². The Morgan fingerprint density at radius 2 is 1.41 bits per heavy atom. The summed E-state index contributed by atoms with van der Waals surface area (Å²) in [5.41, 5.74) is 6.98. The van der Waals surface area contributed by atoms with E-state index in [9.17, 15) is 5.11 Å². The molecule has 4 aliphatic carbocycles. The molecule has 6 heteroatoms. The van der Waals surface area contributed by atoms with Gasteiger partial charge in [0.25, 0.3) is 0 Å². The van der Waals surface area contributed by atoms with Crippen LogP contribution < -0.4 is 19.5 Å². The number of rotatable bonds is 7. The summed E-state index contributed by atoms with van der Waals surface area (Å²) in [6, 6.07) is 24.5. The minimum Gasteiger partial charge on any atom is -0.497 e. The number of nitrogens with zero attached hydrogens (tertiary/aromatic N) is 1. The van der Waals surface area contributed by atoms with Crippen LogP contribution in [-0.4, -0.2) is 68.7 Å². The van der Waals surface area contributed by atoms with Gasteiger partial charge in [-0.05, 0) is 135 Å². The van der Waals surface area contributed by atoms with Crippen LogP contribution in [0.4, 0.5) is 0 Å². The summed E-state index contributed by atoms with van der Waals surface area (Å²) in [6.45, 7) is 3.28. The largest absolute Gasteiger partial charge is 0.497 e. The lowest BCUT2D eigenvalue weighted by atomic mass is 9.52. The summed E-state index contributed by atoms with van der Waals surface area (Å²) >= 11 is 0. The van der Waals surface area contributed by atoms with Gasteiger partial charge in [0, 0.05) is 29.5 Å². The summed E-state index contributed by atoms with van der Waals surface area (Å²) < 4.78 is 16.9. The van der Waals surface area contributed by atoms with Gasteiger partial charge in [-0.15, -0.1) is 0 Å². The lowest BCUT2D eigenvalue weighted by Crippen LogP contribution is -2.62. The lowest BCUT2D eigenvalue weighted by molar-refractivity contribution is -0.0367. The summed E-state index contributed by atoms with van der Waals surface area (Å²) in [5.74, 6) is 4.38. The van der Waals surface area contributed by atoms with E-state index in [4.69, 9.17) is 14.2 Å². The zero-order chi connectivity index (χ0) is 33.4. The van der Waals surface area contributed by atoms with Gasteiger partial charge < -0.3 is 24.6 Å². The van der Waals surface area contributed by atoms with Gasteiger partial charge in [0.2, 0.25) is 0 Å². The molecule has 6 aliphatic rings. The molecule has 0 aromatic heterocycles. The van der Waals surface area contributed by atoms with E-state index in [1.165, 1.54) is 82.7 Å². The number of aliphatic hydroxyl groups is 1. The van der Waals surface area contributed by atoms with E-state index in [-0.39, 0.29) is 0 Å². The van der Waals surface area contributed by atoms with Crippen LogP contribution in [0.5, 0.6) is 17.2 Å². The zero-order valence-electron chi connectivity index (χ0n) is 29.7. The number of likely N-dealkylation sites (tertiary alicyclic amines) is 1. The first kappa shape index (κ1) is 33.1. The van der Waals surface area contributed by atoms with E-state index >= 15 is 0 Å². The molecule has 262 valence electrons. The number of nitrogens with one attached hydrogen (secondary N) is 1. The molecule has 49 heavy (non-hydrogen) atoms. The van der Waals surface area contributed by atoms with Crippen LogP contribution in [0.1, 0.15) is 86.5 Å². The van der Waals surface area contributed by atoms with Gasteiger partial charge in [-0.3, -0.25) is 4.90 Å². The monoisotopic (exact) mass is 664 g/mol. The minimum atomic E-state index is -0.474. The third-order valence-corrected chi connectivity index (χ3v) is 13.6. The Labute approximate surface area is 293 Å². The molecule has 2 aliphatic heterocycles. The van der Waals surface area contributed by atoms with E-state index in [1.807, 2.05) is 30.3 Å². The molecule has 2 heterocycles. The second kappa shape index (κ2) is 13.9. The van der Waals surface area contributed by atoms with Gasteiger partial charge in [0.1, 0.15) is 30.0 Å². The Bertz CT molecular complexity index is 1590. The van der Waals surface area contributed by atoms with E-state index in [1.54, 1.807) is 30.9 Å². The molecular formula is C43H56N2O4. The smallest absolute Gasteiger partial charge is 0.119 e. The van der Waals surface area contributed by atoms with Crippen molar-refractivity contribution in [2.45, 2.75) is 106 Å². The SMILES string of the molecule is COc1ccc2c(c1)[C@]13CCCC[C@@H]1[C@H](C2)N(CC(O)COc1ccccc1)CC3.COc1ccc2c(c1)[C@]13CCCC[C@@H]1[C@H](C2)NCC3. The minimum absolute atomic E-state index is 0.299. The molecule has 0 amide bonds. The number of piperidine rings is 2. The number of ether oxygens (including phenoxy) is 3. The highest BCUT2D eigenvalue weighted by atomic mass is 16.5. The van der Waals surface area contributed by atoms with Crippen LogP contribution in [0.15, 0.2) is 66.7 Å². The fraction of sp³-hybridized carbons (Fsp3) is 0.581. The molecule has 3 aromatic rings. The van der Waals surface area contributed by atoms with Crippen LogP contribution in [0.3, 0.4) is 0 Å². The molecule has 2 N–H and O–H groups in total. The van der Waals surface area contributed by atoms with Crippen LogP contribution >= 0.6 is 0 Å². The number of hydrogen-bond acceptors (Lipinski definition) is 6. The highest BCUT2D eigenvalue weighted by molar-refractivity contribution is 5.47. The molecular weight excluding hydrogens is 608 g/mol. The third-order valence-electron chi connectivity index (χ3n) is 13.6. The van der Waals surface area contributed by atoms with E-state index < -0.39 is 6.10 Å². The Kier molecular flexibility index (Phi) is 9.41. The van der Waals surface area contributed by atoms with Gasteiger partial charge in [-0.1, -0.05) is 56.0 Å². The second-order valence-electron chi connectivity index (χ2n) is 15.9. The van der Waals surface area contributed by atoms with Crippen LogP contribution in [0.2, 0.25) is 0 Å². The quantitative estimate of drug-likeness (QED) is 0.278. The van der Waals surface area contributed by atoms with Crippen molar-refractivity contribution < 1.29 is 19.3 Å². The number of methoxy groups -OCH3 is 2. The van der Waals surface area contributed by atoms with Crippen molar-refractivity contribution in [2.24, 2.45) is 11.8 Å². The first-order valence-electron chi connectivity index (χ1n) is 19.2. The summed E-state index contributed by atoms with van der Waals surface area (Å²) in [6.07, 6.45) is 15.2. The highest BCUT2D eigenvalue weighted by Crippen LogP contribution is 2.57. The molecule has 0 radical (unpaired) electrons. The van der Waals surface area contributed by atoms with E-state index in [0.717, 1.165) is 42.2 Å². The molecule has 7 atom stereocenters. The zero-order valence-corrected chi connectivity index (χ0v) is 29.7. The summed E-state index contributed by atoms with van der Waals surface area (Å²) in [4.78, 5) is 2.56. The van der Waals surface area contributed by atoms with Gasteiger partial charge in [0.15, 0.2) is 0 Å². The summed E-state index contributed by atoms with van der Waals surface area (Å²) in [7, 11) is 3.55. The average molecular weight is 665 g/mol. The normalized spacial score (nSPS) is 31.7. The average Bonchev–Trinajstić information content (AvgIpc) is 3.15. The molecule has 2 saturated heterocycles. The number of β-amino-alcohol motifs (C(OH)–C–C–N with tert-alkyl or cyclic N) is 1. The molecule has 0 spiro atoms. The van der Waals surface area contributed by atoms with Crippen molar-refractivity contribution in [1.29, 1.82) is 0 Å². The van der Waals surface area contributed by atoms with Crippen molar-refractivity contribution in [3.63, 3.8) is 0 Å². The fourth-order valence-corrected chi connectivity index (χ4v) is 11.5. The molecule has 2 saturated carbocycles. The maximum atomic E-state index is 10.7. The lowest BCUT2D eigenvalue weighted by Gasteiger charge is -2.59. The number of aliphatic hydroxyl groups excluding tert-OH is 1. The standard InChI is InChI=1S/C26H33NO3.C17H23NO/c1-29-22-11-10-19-15-25-23-9-5-6-12-26(23,24(19)16-22)13-14-27(25)17-20(28)18-30-21-7-3-2-4-8-21;1-19-13-6-5-12-10-16-14-4-2-3-7-17(14,8-9-18-16)15(12)11-13/h2-4,7-8,10-11,16,20,23,25,28H,5-6,9,12-15,17-18H2,1H3;5-6,11,14,16,18H,2-4,7-10H2,1H3/t20?,23-,25+,26+;14-,16+,17+/m11/s1. The van der Waals surface area contributed by atoms with Gasteiger partial charge in [-0.2, -0.15) is 0 Å². The summed E-state index contributed by atoms with van der Waals surface area (Å²) in [5, 5.41) is 14.5. The van der Waals surface area contributed by atoms with Crippen molar-refractivity contribution in [3.8, 4) is 17.2 Å². The topological polar surface area (TPSA) is 63.2 Å². The Morgan fingerprint density at radius 1 is 0.755 bits per heavy atom. The van der Waals surface area contributed by atoms with Crippen molar-refractivity contribution in [1.82, 2.24) is 10.2 Å². The number of hydrogen-bond donors (Lipinski definition) is 2. The number of benzene rings is 3. The van der Waals surface area contributed by atoms with Gasteiger partial charge in [-0.25, -0.2) is 0 Å². The third kappa shape index (κ3) is 6.06. The fourth-order valence-electron chi connectivity index (χ4n) is 11.5. The van der Waals surface area contributed by atoms with Crippen molar-refractivity contribution in [3.05, 3.63) is 89.0 Å². The first-order chi connectivity index (χ1) is 24.0. The Balaban J connectivity index is 0.000000157. The second-order valence-corrected chi connectivity index (χ2v) is 15.9. The highest BCUT2D eigenvalue weighted by Gasteiger charge is 2.54. The predicted octanol–water partition coefficient (Wildman–Crippen LogP) is 7.23. The van der Waals surface area contributed by atoms with Gasteiger partial charge in [0.05, 0.1) is 14.2 Å². The number of para-hydroxylation sites is 1. The first-order valence-corrected chi connectivity index (χ1v) is 19.2. The van der Waals surface area contributed by atoms with Crippen LogP contribution in [0, 0.1) is 11.8 Å². The van der Waals surface area contributed by atoms with E-state index in [2.05, 4.69) is 46.6 Å². The van der Waals surface area contributed by atoms with Crippen molar-refractivity contribution >= 4 is 0 Å². The molecule has 1 unspecified atom stereocenters. The van der Waals surface area contributed by atoms with E-state index in [0.29, 0.717) is 35.9 Å². The van der Waals surface area contributed by atoms with Crippen molar-refractivity contribution in [2.75, 3.05) is 40.5 Å². The molecule has 3 aromatic carbocycles. The molecule has 6 nitrogen and oxygen atoms in total.